The van der Waals surface area contributed by atoms with E-state index in [0.29, 0.717) is 12.3 Å². The smallest absolute Gasteiger partial charge is 0.291 e. The molecule has 2 aromatic carbocycles. The largest absolute Gasteiger partial charge is 0.391 e. The summed E-state index contributed by atoms with van der Waals surface area (Å²) in [6, 6.07) is 15.2. The molecule has 0 saturated heterocycles. The van der Waals surface area contributed by atoms with E-state index in [9.17, 15) is 9.59 Å². The van der Waals surface area contributed by atoms with Gasteiger partial charge in [0.05, 0.1) is 5.71 Å². The fourth-order valence-electron chi connectivity index (χ4n) is 3.04. The van der Waals surface area contributed by atoms with Gasteiger partial charge in [-0.2, -0.15) is 0 Å². The zero-order chi connectivity index (χ0) is 18.7. The molecule has 0 unspecified atom stereocenters. The molecule has 26 heavy (non-hydrogen) atoms. The number of benzene rings is 2. The zero-order valence-electron chi connectivity index (χ0n) is 15.2. The summed E-state index contributed by atoms with van der Waals surface area (Å²) < 4.78 is 0. The van der Waals surface area contributed by atoms with Crippen molar-refractivity contribution in [3.05, 3.63) is 65.2 Å². The molecule has 1 heterocycles. The van der Waals surface area contributed by atoms with Gasteiger partial charge in [-0.15, -0.1) is 0 Å². The van der Waals surface area contributed by atoms with Crippen LogP contribution in [0, 0.1) is 0 Å². The summed E-state index contributed by atoms with van der Waals surface area (Å²) in [6.07, 6.45) is 0.141. The SMILES string of the molecule is CC1=NOCc2ccc(NC(=O)C(=O)CC(C)(C)c3ccccc3)cc21. The molecule has 3 rings (SSSR count). The first-order chi connectivity index (χ1) is 12.4. The Morgan fingerprint density at radius 3 is 2.62 bits per heavy atom. The van der Waals surface area contributed by atoms with Crippen molar-refractivity contribution in [1.82, 2.24) is 0 Å². The highest BCUT2D eigenvalue weighted by Gasteiger charge is 2.27. The van der Waals surface area contributed by atoms with Crippen LogP contribution in [-0.2, 0) is 26.4 Å². The van der Waals surface area contributed by atoms with E-state index in [1.807, 2.05) is 63.2 Å². The average molecular weight is 350 g/mol. The molecular weight excluding hydrogens is 328 g/mol. The Morgan fingerprint density at radius 2 is 1.88 bits per heavy atom. The summed E-state index contributed by atoms with van der Waals surface area (Å²) in [6.45, 7) is 6.18. The number of anilines is 1. The average Bonchev–Trinajstić information content (AvgIpc) is 2.63. The van der Waals surface area contributed by atoms with Gasteiger partial charge < -0.3 is 10.2 Å². The maximum absolute atomic E-state index is 12.4. The van der Waals surface area contributed by atoms with E-state index in [1.165, 1.54) is 0 Å². The van der Waals surface area contributed by atoms with Crippen LogP contribution in [0.1, 0.15) is 43.9 Å². The topological polar surface area (TPSA) is 67.8 Å². The second-order valence-electron chi connectivity index (χ2n) is 7.13. The summed E-state index contributed by atoms with van der Waals surface area (Å²) in [5.41, 5.74) is 3.88. The van der Waals surface area contributed by atoms with Crippen molar-refractivity contribution in [2.75, 3.05) is 5.32 Å². The van der Waals surface area contributed by atoms with Crippen molar-refractivity contribution in [1.29, 1.82) is 0 Å². The second kappa shape index (κ2) is 7.12. The third kappa shape index (κ3) is 3.82. The monoisotopic (exact) mass is 350 g/mol. The normalized spacial score (nSPS) is 13.3. The van der Waals surface area contributed by atoms with Gasteiger partial charge in [0.2, 0.25) is 5.78 Å². The highest BCUT2D eigenvalue weighted by atomic mass is 16.6. The van der Waals surface area contributed by atoms with E-state index >= 15 is 0 Å². The fourth-order valence-corrected chi connectivity index (χ4v) is 3.04. The Bertz CT molecular complexity index is 870. The summed E-state index contributed by atoms with van der Waals surface area (Å²) in [4.78, 5) is 29.9. The molecule has 0 atom stereocenters. The van der Waals surface area contributed by atoms with Crippen LogP contribution < -0.4 is 5.32 Å². The Labute approximate surface area is 153 Å². The lowest BCUT2D eigenvalue weighted by atomic mass is 9.80. The third-order valence-corrected chi connectivity index (χ3v) is 4.59. The minimum absolute atomic E-state index is 0.141. The van der Waals surface area contributed by atoms with Crippen molar-refractivity contribution in [3.8, 4) is 0 Å². The number of fused-ring (bicyclic) bond motifs is 1. The predicted octanol–water partition coefficient (Wildman–Crippen LogP) is 3.82. The van der Waals surface area contributed by atoms with Gasteiger partial charge in [-0.05, 0) is 30.0 Å². The molecular formula is C21H22N2O3. The number of hydrogen-bond donors (Lipinski definition) is 1. The van der Waals surface area contributed by atoms with E-state index in [-0.39, 0.29) is 6.42 Å². The first kappa shape index (κ1) is 17.9. The van der Waals surface area contributed by atoms with E-state index in [1.54, 1.807) is 6.07 Å². The molecule has 5 heteroatoms. The molecule has 1 amide bonds. The lowest BCUT2D eigenvalue weighted by molar-refractivity contribution is -0.135. The first-order valence-corrected chi connectivity index (χ1v) is 8.56. The van der Waals surface area contributed by atoms with Gasteiger partial charge in [0, 0.05) is 23.2 Å². The molecule has 1 aliphatic rings. The molecule has 134 valence electrons. The number of amides is 1. The van der Waals surface area contributed by atoms with Gasteiger partial charge in [0.15, 0.2) is 0 Å². The van der Waals surface area contributed by atoms with E-state index < -0.39 is 17.1 Å². The number of nitrogens with one attached hydrogen (secondary N) is 1. The first-order valence-electron chi connectivity index (χ1n) is 8.56. The number of oxime groups is 1. The van der Waals surface area contributed by atoms with Gasteiger partial charge in [-0.1, -0.05) is 55.4 Å². The number of nitrogens with zero attached hydrogens (tertiary/aromatic N) is 1. The van der Waals surface area contributed by atoms with Crippen molar-refractivity contribution in [3.63, 3.8) is 0 Å². The van der Waals surface area contributed by atoms with Crippen molar-refractivity contribution in [2.45, 2.75) is 39.2 Å². The van der Waals surface area contributed by atoms with Gasteiger partial charge in [-0.25, -0.2) is 0 Å². The van der Waals surface area contributed by atoms with Crippen LogP contribution in [0.25, 0.3) is 0 Å². The lowest BCUT2D eigenvalue weighted by Gasteiger charge is -2.24. The Morgan fingerprint density at radius 1 is 1.15 bits per heavy atom. The number of carbonyl (C=O) groups is 2. The standard InChI is InChI=1S/C21H22N2O3/c1-14-18-11-17(10-9-15(18)13-26-23-14)22-20(25)19(24)12-21(2,3)16-7-5-4-6-8-16/h4-11H,12-13H2,1-3H3,(H,22,25). The maximum Gasteiger partial charge on any atom is 0.291 e. The van der Waals surface area contributed by atoms with Crippen molar-refractivity contribution in [2.24, 2.45) is 5.16 Å². The predicted molar refractivity (Wildman–Crippen MR) is 101 cm³/mol. The molecule has 0 aliphatic carbocycles. The van der Waals surface area contributed by atoms with E-state index in [4.69, 9.17) is 4.84 Å². The van der Waals surface area contributed by atoms with Gasteiger partial charge in [-0.3, -0.25) is 9.59 Å². The van der Waals surface area contributed by atoms with Crippen LogP contribution in [0.4, 0.5) is 5.69 Å². The molecule has 1 aliphatic heterocycles. The molecule has 0 aromatic heterocycles. The molecule has 0 radical (unpaired) electrons. The number of hydrogen-bond acceptors (Lipinski definition) is 4. The minimum Gasteiger partial charge on any atom is -0.391 e. The minimum atomic E-state index is -0.601. The Balaban J connectivity index is 1.70. The summed E-state index contributed by atoms with van der Waals surface area (Å²) in [5, 5.41) is 6.65. The molecule has 5 nitrogen and oxygen atoms in total. The van der Waals surface area contributed by atoms with Crippen LogP contribution in [0.5, 0.6) is 0 Å². The third-order valence-electron chi connectivity index (χ3n) is 4.59. The van der Waals surface area contributed by atoms with Crippen molar-refractivity contribution >= 4 is 23.1 Å². The Kier molecular flexibility index (Phi) is 4.89. The number of Topliss-reactive ketones (excluding diaryl/α,β-unsaturated/α-hetero) is 1. The molecule has 2 aromatic rings. The van der Waals surface area contributed by atoms with Crippen LogP contribution in [0.2, 0.25) is 0 Å². The van der Waals surface area contributed by atoms with Gasteiger partial charge in [0.1, 0.15) is 6.61 Å². The summed E-state index contributed by atoms with van der Waals surface area (Å²) >= 11 is 0. The number of rotatable bonds is 5. The highest BCUT2D eigenvalue weighted by molar-refractivity contribution is 6.40. The second-order valence-corrected chi connectivity index (χ2v) is 7.13. The summed E-state index contributed by atoms with van der Waals surface area (Å²) in [7, 11) is 0. The number of ketones is 1. The fraction of sp³-hybridized carbons (Fsp3) is 0.286. The summed E-state index contributed by atoms with van der Waals surface area (Å²) in [5.74, 6) is -1.04. The molecule has 0 fully saturated rings. The lowest BCUT2D eigenvalue weighted by Crippen LogP contribution is -2.30. The molecule has 0 spiro atoms. The molecule has 0 bridgehead atoms. The van der Waals surface area contributed by atoms with E-state index in [2.05, 4.69) is 10.5 Å². The van der Waals surface area contributed by atoms with Gasteiger partial charge >= 0.3 is 0 Å². The van der Waals surface area contributed by atoms with Crippen molar-refractivity contribution < 1.29 is 14.4 Å². The highest BCUT2D eigenvalue weighted by Crippen LogP contribution is 2.27. The van der Waals surface area contributed by atoms with Crippen LogP contribution in [0.15, 0.2) is 53.7 Å². The van der Waals surface area contributed by atoms with Gasteiger partial charge in [0.25, 0.3) is 5.91 Å². The van der Waals surface area contributed by atoms with Crippen LogP contribution >= 0.6 is 0 Å². The van der Waals surface area contributed by atoms with E-state index in [0.717, 1.165) is 22.4 Å². The molecule has 1 N–H and O–H groups in total. The Hall–Kier alpha value is -2.95. The van der Waals surface area contributed by atoms with Crippen LogP contribution in [0.3, 0.4) is 0 Å². The quantitative estimate of drug-likeness (QED) is 0.834. The maximum atomic E-state index is 12.4. The number of carbonyl (C=O) groups excluding carboxylic acids is 2. The zero-order valence-corrected chi connectivity index (χ0v) is 15.2. The van der Waals surface area contributed by atoms with Crippen LogP contribution in [-0.4, -0.2) is 17.4 Å². The molecule has 0 saturated carbocycles.